The van der Waals surface area contributed by atoms with Gasteiger partial charge in [0, 0.05) is 5.92 Å². The van der Waals surface area contributed by atoms with Gasteiger partial charge in [0.15, 0.2) is 0 Å². The Morgan fingerprint density at radius 3 is 2.47 bits per heavy atom. The predicted octanol–water partition coefficient (Wildman–Crippen LogP) is 3.08. The van der Waals surface area contributed by atoms with Gasteiger partial charge in [-0.2, -0.15) is 0 Å². The number of imidazole rings is 1. The van der Waals surface area contributed by atoms with Crippen LogP contribution in [-0.4, -0.2) is 52.9 Å². The Labute approximate surface area is 174 Å². The molecule has 7 heteroatoms. The van der Waals surface area contributed by atoms with Crippen molar-refractivity contribution < 1.29 is 14.3 Å². The minimum atomic E-state index is -0.378. The molecule has 3 aromatic rings. The average molecular weight is 404 g/mol. The Morgan fingerprint density at radius 2 is 1.77 bits per heavy atom. The fourth-order valence-electron chi connectivity index (χ4n) is 4.55. The van der Waals surface area contributed by atoms with Crippen LogP contribution in [0.2, 0.25) is 0 Å². The van der Waals surface area contributed by atoms with Gasteiger partial charge in [-0.1, -0.05) is 12.1 Å². The number of hydrogen-bond donors (Lipinski definition) is 1. The second-order valence-electron chi connectivity index (χ2n) is 7.93. The van der Waals surface area contributed by atoms with Crippen molar-refractivity contribution in [1.29, 1.82) is 0 Å². The standard InChI is InChI=1S/C23H24N4O3/c1-30-17-8-6-16(7-9-17)27-21(28)14-20(23(27)29)26-12-10-15(11-13-26)22-24-18-4-2-3-5-19(18)25-22/h2-9,15,20H,10-14H2,1H3,(H,24,25)/t20-/m0/s1. The molecule has 154 valence electrons. The first-order valence-corrected chi connectivity index (χ1v) is 10.3. The number of benzene rings is 2. The summed E-state index contributed by atoms with van der Waals surface area (Å²) in [6.45, 7) is 1.56. The number of amides is 2. The molecule has 0 unspecified atom stereocenters. The number of imide groups is 1. The van der Waals surface area contributed by atoms with Crippen molar-refractivity contribution in [2.24, 2.45) is 0 Å². The van der Waals surface area contributed by atoms with E-state index in [1.165, 1.54) is 4.90 Å². The normalized spacial score (nSPS) is 21.0. The van der Waals surface area contributed by atoms with Crippen LogP contribution in [-0.2, 0) is 9.59 Å². The van der Waals surface area contributed by atoms with E-state index < -0.39 is 0 Å². The number of aromatic amines is 1. The van der Waals surface area contributed by atoms with Crippen molar-refractivity contribution >= 4 is 28.5 Å². The maximum atomic E-state index is 13.1. The highest BCUT2D eigenvalue weighted by atomic mass is 16.5. The summed E-state index contributed by atoms with van der Waals surface area (Å²) < 4.78 is 5.16. The number of aromatic nitrogens is 2. The molecular formula is C23H24N4O3. The number of H-pyrrole nitrogens is 1. The number of methoxy groups -OCH3 is 1. The summed E-state index contributed by atoms with van der Waals surface area (Å²) in [5, 5.41) is 0. The summed E-state index contributed by atoms with van der Waals surface area (Å²) in [4.78, 5) is 37.3. The van der Waals surface area contributed by atoms with Crippen molar-refractivity contribution in [3.63, 3.8) is 0 Å². The number of nitrogens with one attached hydrogen (secondary N) is 1. The number of likely N-dealkylation sites (tertiary alicyclic amines) is 1. The fourth-order valence-corrected chi connectivity index (χ4v) is 4.55. The largest absolute Gasteiger partial charge is 0.497 e. The van der Waals surface area contributed by atoms with Crippen LogP contribution in [0, 0.1) is 0 Å². The number of rotatable bonds is 4. The highest BCUT2D eigenvalue weighted by Crippen LogP contribution is 2.32. The Kier molecular flexibility index (Phi) is 4.75. The quantitative estimate of drug-likeness (QED) is 0.676. The van der Waals surface area contributed by atoms with E-state index >= 15 is 0 Å². The summed E-state index contributed by atoms with van der Waals surface area (Å²) in [7, 11) is 1.59. The molecule has 7 nitrogen and oxygen atoms in total. The first kappa shape index (κ1) is 18.8. The Bertz CT molecular complexity index is 1050. The van der Waals surface area contributed by atoms with E-state index in [2.05, 4.69) is 9.88 Å². The van der Waals surface area contributed by atoms with E-state index in [0.29, 0.717) is 17.4 Å². The van der Waals surface area contributed by atoms with Gasteiger partial charge in [0.25, 0.3) is 5.91 Å². The Morgan fingerprint density at radius 1 is 1.03 bits per heavy atom. The van der Waals surface area contributed by atoms with Crippen LogP contribution in [0.3, 0.4) is 0 Å². The van der Waals surface area contributed by atoms with Gasteiger partial charge in [-0.3, -0.25) is 14.5 Å². The molecule has 2 aliphatic heterocycles. The van der Waals surface area contributed by atoms with E-state index in [-0.39, 0.29) is 24.3 Å². The van der Waals surface area contributed by atoms with Crippen LogP contribution >= 0.6 is 0 Å². The van der Waals surface area contributed by atoms with Crippen LogP contribution in [0.15, 0.2) is 48.5 Å². The minimum absolute atomic E-state index is 0.132. The van der Waals surface area contributed by atoms with E-state index in [4.69, 9.17) is 9.72 Å². The summed E-state index contributed by atoms with van der Waals surface area (Å²) in [5.74, 6) is 1.78. The first-order chi connectivity index (χ1) is 14.6. The topological polar surface area (TPSA) is 78.5 Å². The number of fused-ring (bicyclic) bond motifs is 1. The molecule has 2 saturated heterocycles. The predicted molar refractivity (Wildman–Crippen MR) is 114 cm³/mol. The number of para-hydroxylation sites is 2. The molecule has 1 atom stereocenters. The molecule has 2 fully saturated rings. The van der Waals surface area contributed by atoms with E-state index in [1.807, 2.05) is 24.3 Å². The zero-order chi connectivity index (χ0) is 20.7. The average Bonchev–Trinajstić information content (AvgIpc) is 3.34. The van der Waals surface area contributed by atoms with Crippen molar-refractivity contribution in [2.45, 2.75) is 31.2 Å². The van der Waals surface area contributed by atoms with Gasteiger partial charge in [-0.25, -0.2) is 9.88 Å². The first-order valence-electron chi connectivity index (χ1n) is 10.3. The summed E-state index contributed by atoms with van der Waals surface area (Å²) in [6.07, 6.45) is 2.07. The molecule has 0 saturated carbocycles. The summed E-state index contributed by atoms with van der Waals surface area (Å²) >= 11 is 0. The molecule has 3 heterocycles. The molecule has 1 N–H and O–H groups in total. The maximum Gasteiger partial charge on any atom is 0.251 e. The van der Waals surface area contributed by atoms with E-state index in [0.717, 1.165) is 42.8 Å². The van der Waals surface area contributed by atoms with E-state index in [9.17, 15) is 9.59 Å². The lowest BCUT2D eigenvalue weighted by Crippen LogP contribution is -2.45. The van der Waals surface area contributed by atoms with Crippen molar-refractivity contribution in [1.82, 2.24) is 14.9 Å². The number of nitrogens with zero attached hydrogens (tertiary/aromatic N) is 3. The molecule has 0 radical (unpaired) electrons. The monoisotopic (exact) mass is 404 g/mol. The lowest BCUT2D eigenvalue weighted by molar-refractivity contribution is -0.123. The number of carbonyl (C=O) groups is 2. The van der Waals surface area contributed by atoms with Gasteiger partial charge >= 0.3 is 0 Å². The highest BCUT2D eigenvalue weighted by Gasteiger charge is 2.43. The van der Waals surface area contributed by atoms with Gasteiger partial charge in [-0.05, 0) is 62.3 Å². The lowest BCUT2D eigenvalue weighted by atomic mass is 9.95. The van der Waals surface area contributed by atoms with Crippen LogP contribution in [0.1, 0.15) is 31.0 Å². The fraction of sp³-hybridized carbons (Fsp3) is 0.348. The van der Waals surface area contributed by atoms with E-state index in [1.54, 1.807) is 31.4 Å². The number of ether oxygens (including phenoxy) is 1. The third kappa shape index (κ3) is 3.25. The smallest absolute Gasteiger partial charge is 0.251 e. The molecule has 2 aromatic carbocycles. The molecule has 0 bridgehead atoms. The van der Waals surface area contributed by atoms with Crippen molar-refractivity contribution in [2.75, 3.05) is 25.1 Å². The molecule has 2 aliphatic rings. The highest BCUT2D eigenvalue weighted by molar-refractivity contribution is 6.22. The molecular weight excluding hydrogens is 380 g/mol. The third-order valence-corrected chi connectivity index (χ3v) is 6.22. The van der Waals surface area contributed by atoms with Crippen LogP contribution in [0.25, 0.3) is 11.0 Å². The molecule has 5 rings (SSSR count). The SMILES string of the molecule is COc1ccc(N2C(=O)C[C@H](N3CCC(c4nc5ccccc5[nH]4)CC3)C2=O)cc1. The van der Waals surface area contributed by atoms with Gasteiger partial charge in [0.2, 0.25) is 5.91 Å². The van der Waals surface area contributed by atoms with Crippen LogP contribution in [0.5, 0.6) is 5.75 Å². The zero-order valence-corrected chi connectivity index (χ0v) is 16.9. The second kappa shape index (κ2) is 7.57. The number of piperidine rings is 1. The number of carbonyl (C=O) groups excluding carboxylic acids is 2. The molecule has 2 amide bonds. The third-order valence-electron chi connectivity index (χ3n) is 6.22. The Hall–Kier alpha value is -3.19. The Balaban J connectivity index is 1.26. The van der Waals surface area contributed by atoms with Crippen LogP contribution < -0.4 is 9.64 Å². The maximum absolute atomic E-state index is 13.1. The van der Waals surface area contributed by atoms with Crippen molar-refractivity contribution in [3.8, 4) is 5.75 Å². The van der Waals surface area contributed by atoms with Gasteiger partial charge in [0.05, 0.1) is 36.3 Å². The zero-order valence-electron chi connectivity index (χ0n) is 16.9. The van der Waals surface area contributed by atoms with Gasteiger partial charge < -0.3 is 9.72 Å². The van der Waals surface area contributed by atoms with Gasteiger partial charge in [-0.15, -0.1) is 0 Å². The molecule has 0 aliphatic carbocycles. The number of hydrogen-bond acceptors (Lipinski definition) is 5. The van der Waals surface area contributed by atoms with Crippen LogP contribution in [0.4, 0.5) is 5.69 Å². The summed E-state index contributed by atoms with van der Waals surface area (Å²) in [5.41, 5.74) is 2.65. The minimum Gasteiger partial charge on any atom is -0.497 e. The summed E-state index contributed by atoms with van der Waals surface area (Å²) in [6, 6.07) is 14.7. The lowest BCUT2D eigenvalue weighted by Gasteiger charge is -2.34. The van der Waals surface area contributed by atoms with Gasteiger partial charge in [0.1, 0.15) is 11.6 Å². The molecule has 0 spiro atoms. The second-order valence-corrected chi connectivity index (χ2v) is 7.93. The number of anilines is 1. The molecule has 30 heavy (non-hydrogen) atoms. The van der Waals surface area contributed by atoms with Crippen molar-refractivity contribution in [3.05, 3.63) is 54.4 Å². The molecule has 1 aromatic heterocycles.